The van der Waals surface area contributed by atoms with Crippen molar-refractivity contribution in [2.75, 3.05) is 7.11 Å². The molecule has 2 aliphatic rings. The van der Waals surface area contributed by atoms with Gasteiger partial charge in [0.2, 0.25) is 17.6 Å². The average molecular weight is 399 g/mol. The van der Waals surface area contributed by atoms with Crippen LogP contribution in [-0.2, 0) is 16.0 Å². The van der Waals surface area contributed by atoms with Gasteiger partial charge in [0, 0.05) is 24.4 Å². The maximum Gasteiger partial charge on any atom is 0.326 e. The predicted molar refractivity (Wildman–Crippen MR) is 103 cm³/mol. The molecule has 0 bridgehead atoms. The first kappa shape index (κ1) is 19.4. The Labute approximate surface area is 168 Å². The van der Waals surface area contributed by atoms with Gasteiger partial charge in [-0.2, -0.15) is 4.98 Å². The monoisotopic (exact) mass is 399 g/mol. The summed E-state index contributed by atoms with van der Waals surface area (Å²) >= 11 is 0. The molecule has 8 heteroatoms. The zero-order valence-corrected chi connectivity index (χ0v) is 16.4. The molecule has 1 aliphatic carbocycles. The van der Waals surface area contributed by atoms with Gasteiger partial charge in [0.1, 0.15) is 11.8 Å². The van der Waals surface area contributed by atoms with E-state index in [9.17, 15) is 14.7 Å². The third-order valence-corrected chi connectivity index (χ3v) is 6.03. The molecule has 2 heterocycles. The summed E-state index contributed by atoms with van der Waals surface area (Å²) in [5.74, 6) is 0.812. The van der Waals surface area contributed by atoms with Crippen molar-refractivity contribution in [1.29, 1.82) is 0 Å². The number of likely N-dealkylation sites (tertiary alicyclic amines) is 1. The molecule has 8 nitrogen and oxygen atoms in total. The van der Waals surface area contributed by atoms with Gasteiger partial charge in [-0.3, -0.25) is 4.79 Å². The van der Waals surface area contributed by atoms with E-state index in [0.29, 0.717) is 30.5 Å². The Balaban J connectivity index is 1.41. The van der Waals surface area contributed by atoms with Gasteiger partial charge < -0.3 is 19.3 Å². The van der Waals surface area contributed by atoms with Crippen molar-refractivity contribution in [1.82, 2.24) is 15.0 Å². The summed E-state index contributed by atoms with van der Waals surface area (Å²) in [6.45, 7) is 0. The number of ether oxygens (including phenoxy) is 1. The van der Waals surface area contributed by atoms with Gasteiger partial charge >= 0.3 is 5.97 Å². The Morgan fingerprint density at radius 2 is 2.00 bits per heavy atom. The molecule has 1 N–H and O–H groups in total. The lowest BCUT2D eigenvalue weighted by atomic mass is 9.84. The zero-order valence-electron chi connectivity index (χ0n) is 16.4. The van der Waals surface area contributed by atoms with E-state index in [2.05, 4.69) is 10.1 Å². The van der Waals surface area contributed by atoms with Gasteiger partial charge in [0.25, 0.3) is 0 Å². The van der Waals surface area contributed by atoms with Crippen molar-refractivity contribution in [3.8, 4) is 17.1 Å². The Hall–Kier alpha value is -2.90. The Bertz CT molecular complexity index is 879. The number of carboxylic acids is 1. The second-order valence-corrected chi connectivity index (χ2v) is 7.74. The second kappa shape index (κ2) is 8.23. The minimum Gasteiger partial charge on any atom is -0.497 e. The number of hydrogen-bond donors (Lipinski definition) is 1. The fourth-order valence-corrected chi connectivity index (χ4v) is 4.60. The molecule has 154 valence electrons. The number of amides is 1. The molecule has 1 aromatic carbocycles. The smallest absolute Gasteiger partial charge is 0.326 e. The standard InChI is InChI=1S/C21H25N3O5/c1-28-15-8-6-13(7-9-15)20-22-18(29-23-20)10-11-19(25)24-16-5-3-2-4-14(16)12-17(24)21(26)27/h6-9,14,16-17H,2-5,10-12H2,1H3,(H,26,27). The van der Waals surface area contributed by atoms with E-state index in [1.54, 1.807) is 12.0 Å². The maximum atomic E-state index is 12.9. The number of benzene rings is 1. The lowest BCUT2D eigenvalue weighted by Crippen LogP contribution is -2.46. The molecule has 0 radical (unpaired) electrons. The fourth-order valence-electron chi connectivity index (χ4n) is 4.60. The summed E-state index contributed by atoms with van der Waals surface area (Å²) in [7, 11) is 1.60. The molecule has 0 spiro atoms. The number of rotatable bonds is 6. The van der Waals surface area contributed by atoms with E-state index in [1.165, 1.54) is 0 Å². The van der Waals surface area contributed by atoms with Gasteiger partial charge in [-0.1, -0.05) is 18.0 Å². The largest absolute Gasteiger partial charge is 0.497 e. The van der Waals surface area contributed by atoms with Crippen LogP contribution in [0.3, 0.4) is 0 Å². The van der Waals surface area contributed by atoms with Crippen molar-refractivity contribution in [3.63, 3.8) is 0 Å². The highest BCUT2D eigenvalue weighted by Crippen LogP contribution is 2.40. The number of methoxy groups -OCH3 is 1. The summed E-state index contributed by atoms with van der Waals surface area (Å²) < 4.78 is 10.4. The number of aliphatic carboxylic acids is 1. The first-order valence-electron chi connectivity index (χ1n) is 10.1. The molecule has 2 aromatic rings. The third kappa shape index (κ3) is 3.97. The van der Waals surface area contributed by atoms with Crippen molar-refractivity contribution in [2.45, 2.75) is 57.0 Å². The van der Waals surface area contributed by atoms with Crippen LogP contribution in [0.5, 0.6) is 5.75 Å². The summed E-state index contributed by atoms with van der Waals surface area (Å²) in [5.41, 5.74) is 0.794. The van der Waals surface area contributed by atoms with Crippen LogP contribution in [0.2, 0.25) is 0 Å². The van der Waals surface area contributed by atoms with Crippen molar-refractivity contribution in [2.24, 2.45) is 5.92 Å². The average Bonchev–Trinajstić information content (AvgIpc) is 3.37. The van der Waals surface area contributed by atoms with Crippen molar-refractivity contribution < 1.29 is 24.0 Å². The lowest BCUT2D eigenvalue weighted by Gasteiger charge is -2.33. The Kier molecular flexibility index (Phi) is 5.51. The van der Waals surface area contributed by atoms with E-state index in [0.717, 1.165) is 37.0 Å². The van der Waals surface area contributed by atoms with E-state index < -0.39 is 12.0 Å². The topological polar surface area (TPSA) is 106 Å². The zero-order chi connectivity index (χ0) is 20.4. The Morgan fingerprint density at radius 3 is 2.72 bits per heavy atom. The number of aromatic nitrogens is 2. The van der Waals surface area contributed by atoms with E-state index in [4.69, 9.17) is 9.26 Å². The second-order valence-electron chi connectivity index (χ2n) is 7.74. The SMILES string of the molecule is COc1ccc(-c2noc(CCC(=O)N3C(C(=O)O)CC4CCCCC43)n2)cc1. The molecule has 2 fully saturated rings. The number of fused-ring (bicyclic) bond motifs is 1. The molecule has 29 heavy (non-hydrogen) atoms. The molecule has 3 atom stereocenters. The number of carbonyl (C=O) groups is 2. The highest BCUT2D eigenvalue weighted by Gasteiger charge is 2.47. The van der Waals surface area contributed by atoms with Gasteiger partial charge in [0.15, 0.2) is 0 Å². The lowest BCUT2D eigenvalue weighted by molar-refractivity contribution is -0.149. The minimum absolute atomic E-state index is 0.0508. The molecule has 1 saturated heterocycles. The summed E-state index contributed by atoms with van der Waals surface area (Å²) in [6, 6.07) is 6.64. The highest BCUT2D eigenvalue weighted by molar-refractivity contribution is 5.85. The molecule has 1 amide bonds. The highest BCUT2D eigenvalue weighted by atomic mass is 16.5. The molecule has 4 rings (SSSR count). The number of aryl methyl sites for hydroxylation is 1. The molecule has 1 saturated carbocycles. The van der Waals surface area contributed by atoms with Crippen LogP contribution in [-0.4, -0.2) is 51.2 Å². The van der Waals surface area contributed by atoms with Gasteiger partial charge in [-0.25, -0.2) is 4.79 Å². The molecule has 3 unspecified atom stereocenters. The van der Waals surface area contributed by atoms with Crippen LogP contribution in [0, 0.1) is 5.92 Å². The predicted octanol–water partition coefficient (Wildman–Crippen LogP) is 2.92. The number of nitrogens with zero attached hydrogens (tertiary/aromatic N) is 3. The maximum absolute atomic E-state index is 12.9. The molecule has 1 aliphatic heterocycles. The summed E-state index contributed by atoms with van der Waals surface area (Å²) in [6.07, 6.45) is 5.08. The normalized spacial score (nSPS) is 23.6. The summed E-state index contributed by atoms with van der Waals surface area (Å²) in [5, 5.41) is 13.6. The molecule has 1 aromatic heterocycles. The summed E-state index contributed by atoms with van der Waals surface area (Å²) in [4.78, 5) is 30.6. The van der Waals surface area contributed by atoms with Gasteiger partial charge in [0.05, 0.1) is 7.11 Å². The molecular formula is C21H25N3O5. The van der Waals surface area contributed by atoms with Crippen molar-refractivity contribution in [3.05, 3.63) is 30.2 Å². The van der Waals surface area contributed by atoms with Crippen LogP contribution in [0.1, 0.15) is 44.4 Å². The van der Waals surface area contributed by atoms with E-state index in [1.807, 2.05) is 24.3 Å². The fraction of sp³-hybridized carbons (Fsp3) is 0.524. The minimum atomic E-state index is -0.910. The van der Waals surface area contributed by atoms with Crippen LogP contribution in [0.4, 0.5) is 0 Å². The third-order valence-electron chi connectivity index (χ3n) is 6.03. The van der Waals surface area contributed by atoms with E-state index >= 15 is 0 Å². The first-order chi connectivity index (χ1) is 14.1. The number of hydrogen-bond acceptors (Lipinski definition) is 6. The Morgan fingerprint density at radius 1 is 1.24 bits per heavy atom. The van der Waals surface area contributed by atoms with Crippen LogP contribution >= 0.6 is 0 Å². The number of carboxylic acid groups (broad SMARTS) is 1. The van der Waals surface area contributed by atoms with Gasteiger partial charge in [-0.15, -0.1) is 0 Å². The van der Waals surface area contributed by atoms with Crippen LogP contribution in [0.15, 0.2) is 28.8 Å². The number of carbonyl (C=O) groups excluding carboxylic acids is 1. The first-order valence-corrected chi connectivity index (χ1v) is 10.1. The molecular weight excluding hydrogens is 374 g/mol. The van der Waals surface area contributed by atoms with E-state index in [-0.39, 0.29) is 18.4 Å². The van der Waals surface area contributed by atoms with Crippen LogP contribution in [0.25, 0.3) is 11.4 Å². The van der Waals surface area contributed by atoms with Crippen LogP contribution < -0.4 is 4.74 Å². The van der Waals surface area contributed by atoms with Crippen molar-refractivity contribution >= 4 is 11.9 Å². The quantitative estimate of drug-likeness (QED) is 0.796. The van der Waals surface area contributed by atoms with Gasteiger partial charge in [-0.05, 0) is 49.4 Å².